The highest BCUT2D eigenvalue weighted by molar-refractivity contribution is 9.10. The third-order valence-corrected chi connectivity index (χ3v) is 2.60. The highest BCUT2D eigenvalue weighted by Gasteiger charge is 2.09. The molecule has 0 saturated heterocycles. The number of rotatable bonds is 1. The zero-order chi connectivity index (χ0) is 9.30. The predicted octanol–water partition coefficient (Wildman–Crippen LogP) is 2.89. The summed E-state index contributed by atoms with van der Waals surface area (Å²) < 4.78 is 0.706. The maximum absolute atomic E-state index is 11.0. The molecule has 1 aromatic rings. The Kier molecular flexibility index (Phi) is 2.75. The van der Waals surface area contributed by atoms with Crippen LogP contribution in [-0.4, -0.2) is 5.78 Å². The monoisotopic (exact) mass is 247 g/mol. The maximum Gasteiger partial charge on any atom is 0.161 e. The van der Waals surface area contributed by atoms with Crippen molar-refractivity contribution in [1.82, 2.24) is 0 Å². The normalized spacial score (nSPS) is 9.92. The molecule has 4 heteroatoms. The number of Topliss-reactive ketones (excluding diaryl/α,β-unsaturated/α-hetero) is 1. The van der Waals surface area contributed by atoms with Crippen LogP contribution in [0.1, 0.15) is 17.3 Å². The summed E-state index contributed by atoms with van der Waals surface area (Å²) in [5.41, 5.74) is 6.45. The Balaban J connectivity index is 3.36. The highest BCUT2D eigenvalue weighted by Crippen LogP contribution is 2.30. The molecular formula is C8H7BrClNO. The summed E-state index contributed by atoms with van der Waals surface area (Å²) in [7, 11) is 0. The average molecular weight is 249 g/mol. The molecule has 2 nitrogen and oxygen atoms in total. The van der Waals surface area contributed by atoms with Crippen LogP contribution < -0.4 is 5.73 Å². The summed E-state index contributed by atoms with van der Waals surface area (Å²) in [6.07, 6.45) is 0. The molecule has 0 aliphatic rings. The van der Waals surface area contributed by atoms with Gasteiger partial charge in [-0.3, -0.25) is 4.79 Å². The molecule has 0 bridgehead atoms. The number of nitrogen functional groups attached to an aromatic ring is 1. The molecule has 0 spiro atoms. The van der Waals surface area contributed by atoms with Gasteiger partial charge < -0.3 is 5.73 Å². The molecule has 0 saturated carbocycles. The highest BCUT2D eigenvalue weighted by atomic mass is 79.9. The lowest BCUT2D eigenvalue weighted by atomic mass is 10.1. The predicted molar refractivity (Wildman–Crippen MR) is 53.6 cm³/mol. The molecule has 0 atom stereocenters. The van der Waals surface area contributed by atoms with Gasteiger partial charge in [-0.1, -0.05) is 11.6 Å². The second kappa shape index (κ2) is 3.46. The number of carbonyl (C=O) groups is 1. The summed E-state index contributed by atoms with van der Waals surface area (Å²) in [5.74, 6) is -0.0841. The molecule has 64 valence electrons. The van der Waals surface area contributed by atoms with Crippen LogP contribution in [0.15, 0.2) is 16.6 Å². The zero-order valence-corrected chi connectivity index (χ0v) is 8.74. The van der Waals surface area contributed by atoms with Gasteiger partial charge in [0.15, 0.2) is 5.78 Å². The van der Waals surface area contributed by atoms with E-state index in [2.05, 4.69) is 15.9 Å². The van der Waals surface area contributed by atoms with Crippen LogP contribution in [0.3, 0.4) is 0 Å². The molecule has 0 amide bonds. The van der Waals surface area contributed by atoms with Crippen LogP contribution >= 0.6 is 27.5 Å². The summed E-state index contributed by atoms with van der Waals surface area (Å²) in [6.45, 7) is 1.45. The van der Waals surface area contributed by atoms with Crippen LogP contribution in [0.5, 0.6) is 0 Å². The van der Waals surface area contributed by atoms with Gasteiger partial charge in [0.25, 0.3) is 0 Å². The van der Waals surface area contributed by atoms with Gasteiger partial charge >= 0.3 is 0 Å². The molecule has 0 aliphatic heterocycles. The molecule has 1 aromatic carbocycles. The zero-order valence-electron chi connectivity index (χ0n) is 6.40. The SMILES string of the molecule is CC(=O)c1ccc(Br)c(N)c1Cl. The van der Waals surface area contributed by atoms with E-state index in [-0.39, 0.29) is 5.78 Å². The minimum absolute atomic E-state index is 0.0841. The Labute approximate surface area is 83.8 Å². The maximum atomic E-state index is 11.0. The Morgan fingerprint density at radius 1 is 1.58 bits per heavy atom. The van der Waals surface area contributed by atoms with Crippen molar-refractivity contribution in [2.75, 3.05) is 5.73 Å². The van der Waals surface area contributed by atoms with Crippen molar-refractivity contribution in [3.8, 4) is 0 Å². The number of carbonyl (C=O) groups excluding carboxylic acids is 1. The van der Waals surface area contributed by atoms with Gasteiger partial charge in [-0.25, -0.2) is 0 Å². The number of benzene rings is 1. The van der Waals surface area contributed by atoms with Crippen LogP contribution in [0.2, 0.25) is 5.02 Å². The van der Waals surface area contributed by atoms with E-state index in [4.69, 9.17) is 17.3 Å². The summed E-state index contributed by atoms with van der Waals surface area (Å²) >= 11 is 9.03. The second-order valence-corrected chi connectivity index (χ2v) is 3.61. The van der Waals surface area contributed by atoms with Crippen molar-refractivity contribution in [2.45, 2.75) is 6.92 Å². The standard InChI is InChI=1S/C8H7BrClNO/c1-4(12)5-2-3-6(9)8(11)7(5)10/h2-3H,11H2,1H3. The number of hydrogen-bond donors (Lipinski definition) is 1. The molecular weight excluding hydrogens is 241 g/mol. The molecule has 0 fully saturated rings. The smallest absolute Gasteiger partial charge is 0.161 e. The second-order valence-electron chi connectivity index (χ2n) is 2.38. The van der Waals surface area contributed by atoms with Crippen molar-refractivity contribution < 1.29 is 4.79 Å². The number of halogens is 2. The van der Waals surface area contributed by atoms with E-state index in [1.807, 2.05) is 0 Å². The molecule has 0 aromatic heterocycles. The third kappa shape index (κ3) is 1.62. The fraction of sp³-hybridized carbons (Fsp3) is 0.125. The first-order valence-electron chi connectivity index (χ1n) is 3.28. The molecule has 0 unspecified atom stereocenters. The van der Waals surface area contributed by atoms with Crippen molar-refractivity contribution in [3.63, 3.8) is 0 Å². The largest absolute Gasteiger partial charge is 0.397 e. The summed E-state index contributed by atoms with van der Waals surface area (Å²) in [5, 5.41) is 0.317. The van der Waals surface area contributed by atoms with Crippen LogP contribution in [0.4, 0.5) is 5.69 Å². The van der Waals surface area contributed by atoms with Gasteiger partial charge in [0.1, 0.15) is 0 Å². The van der Waals surface area contributed by atoms with Crippen LogP contribution in [0.25, 0.3) is 0 Å². The number of nitrogens with two attached hydrogens (primary N) is 1. The number of hydrogen-bond acceptors (Lipinski definition) is 2. The minimum atomic E-state index is -0.0841. The van der Waals surface area contributed by atoms with E-state index in [0.717, 1.165) is 0 Å². The quantitative estimate of drug-likeness (QED) is 0.613. The van der Waals surface area contributed by atoms with Crippen LogP contribution in [0, 0.1) is 0 Å². The first kappa shape index (κ1) is 9.55. The molecule has 12 heavy (non-hydrogen) atoms. The minimum Gasteiger partial charge on any atom is -0.397 e. The topological polar surface area (TPSA) is 43.1 Å². The molecule has 0 radical (unpaired) electrons. The van der Waals surface area contributed by atoms with Gasteiger partial charge in [-0.2, -0.15) is 0 Å². The third-order valence-electron chi connectivity index (χ3n) is 1.51. The first-order valence-corrected chi connectivity index (χ1v) is 4.45. The van der Waals surface area contributed by atoms with Crippen molar-refractivity contribution in [1.29, 1.82) is 0 Å². The Hall–Kier alpha value is -0.540. The summed E-state index contributed by atoms with van der Waals surface area (Å²) in [6, 6.07) is 3.35. The Bertz CT molecular complexity index is 338. The van der Waals surface area contributed by atoms with E-state index in [1.54, 1.807) is 12.1 Å². The van der Waals surface area contributed by atoms with Crippen molar-refractivity contribution in [2.24, 2.45) is 0 Å². The van der Waals surface area contributed by atoms with Gasteiger partial charge in [-0.15, -0.1) is 0 Å². The number of anilines is 1. The van der Waals surface area contributed by atoms with E-state index < -0.39 is 0 Å². The molecule has 0 aliphatic carbocycles. The lowest BCUT2D eigenvalue weighted by molar-refractivity contribution is 0.101. The van der Waals surface area contributed by atoms with Crippen LogP contribution in [-0.2, 0) is 0 Å². The lowest BCUT2D eigenvalue weighted by Gasteiger charge is -2.04. The Morgan fingerprint density at radius 2 is 2.17 bits per heavy atom. The molecule has 1 rings (SSSR count). The molecule has 2 N–H and O–H groups in total. The average Bonchev–Trinajstić information content (AvgIpc) is 2.00. The van der Waals surface area contributed by atoms with E-state index >= 15 is 0 Å². The van der Waals surface area contributed by atoms with Gasteiger partial charge in [-0.05, 0) is 35.0 Å². The Morgan fingerprint density at radius 3 is 2.67 bits per heavy atom. The lowest BCUT2D eigenvalue weighted by Crippen LogP contribution is -1.97. The van der Waals surface area contributed by atoms with Gasteiger partial charge in [0, 0.05) is 10.0 Å². The summed E-state index contributed by atoms with van der Waals surface area (Å²) in [4.78, 5) is 11.0. The first-order chi connectivity index (χ1) is 5.54. The van der Waals surface area contributed by atoms with Crippen molar-refractivity contribution >= 4 is 39.0 Å². The fourth-order valence-electron chi connectivity index (χ4n) is 0.841. The van der Waals surface area contributed by atoms with Gasteiger partial charge in [0.2, 0.25) is 0 Å². The fourth-order valence-corrected chi connectivity index (χ4v) is 1.58. The van der Waals surface area contributed by atoms with E-state index in [0.29, 0.717) is 20.7 Å². The van der Waals surface area contributed by atoms with Gasteiger partial charge in [0.05, 0.1) is 10.7 Å². The van der Waals surface area contributed by atoms with Crippen molar-refractivity contribution in [3.05, 3.63) is 27.2 Å². The number of ketones is 1. The van der Waals surface area contributed by atoms with E-state index in [9.17, 15) is 4.79 Å². The molecule has 0 heterocycles. The van der Waals surface area contributed by atoms with E-state index in [1.165, 1.54) is 6.92 Å².